The highest BCUT2D eigenvalue weighted by atomic mass is 16.8. The van der Waals surface area contributed by atoms with Gasteiger partial charge in [0.25, 0.3) is 0 Å². The minimum atomic E-state index is -2.18. The highest BCUT2D eigenvalue weighted by molar-refractivity contribution is 5.90. The number of benzene rings is 4. The van der Waals surface area contributed by atoms with Crippen LogP contribution in [0.5, 0.6) is 46.0 Å². The first kappa shape index (κ1) is 60.8. The van der Waals surface area contributed by atoms with E-state index in [-0.39, 0.29) is 39.5 Å². The van der Waals surface area contributed by atoms with Crippen LogP contribution in [-0.4, -0.2) is 212 Å². The first-order chi connectivity index (χ1) is 39.4. The molecule has 0 aromatic heterocycles. The minimum Gasteiger partial charge on any atom is -0.508 e. The average Bonchev–Trinajstić information content (AvgIpc) is 2.98. The average molecular weight is 1170 g/mol. The zero-order valence-corrected chi connectivity index (χ0v) is 42.8. The Morgan fingerprint density at radius 2 is 1.01 bits per heavy atom. The van der Waals surface area contributed by atoms with E-state index in [1.54, 1.807) is 0 Å². The number of aromatic hydroxyl groups is 6. The minimum absolute atomic E-state index is 0.140. The van der Waals surface area contributed by atoms with Crippen LogP contribution in [0.25, 0.3) is 18.2 Å². The number of phenols is 6. The number of fused-ring (bicyclic) bond motifs is 1. The number of carbonyl (C=O) groups excluding carboxylic acids is 3. The largest absolute Gasteiger partial charge is 0.508 e. The predicted octanol–water partition coefficient (Wildman–Crippen LogP) is -1.23. The monoisotopic (exact) mass is 1170 g/mol. The zero-order valence-electron chi connectivity index (χ0n) is 42.8. The first-order valence-corrected chi connectivity index (χ1v) is 25.0. The maximum absolute atomic E-state index is 13.0. The van der Waals surface area contributed by atoms with Crippen molar-refractivity contribution in [1.82, 2.24) is 0 Å². The summed E-state index contributed by atoms with van der Waals surface area (Å²) in [4.78, 5) is 48.8. The van der Waals surface area contributed by atoms with Gasteiger partial charge in [-0.15, -0.1) is 0 Å². The van der Waals surface area contributed by atoms with Gasteiger partial charge in [-0.1, -0.05) is 24.3 Å². The fourth-order valence-corrected chi connectivity index (χ4v) is 8.71. The number of phenolic OH excluding ortho intramolecular Hbond substituents is 6. The summed E-state index contributed by atoms with van der Waals surface area (Å²) in [5, 5.41) is 158. The molecule has 4 aromatic rings. The second-order valence-electron chi connectivity index (χ2n) is 19.1. The van der Waals surface area contributed by atoms with Crippen molar-refractivity contribution in [2.75, 3.05) is 19.8 Å². The number of aliphatic carboxylic acids is 1. The van der Waals surface area contributed by atoms with Crippen LogP contribution in [-0.2, 0) is 57.1 Å². The van der Waals surface area contributed by atoms with E-state index in [4.69, 9.17) is 52.5 Å². The maximum atomic E-state index is 13.0. The van der Waals surface area contributed by atoms with E-state index in [1.165, 1.54) is 54.6 Å². The summed E-state index contributed by atoms with van der Waals surface area (Å²) in [7, 11) is 0. The second-order valence-corrected chi connectivity index (χ2v) is 19.1. The van der Waals surface area contributed by atoms with Gasteiger partial charge in [-0.05, 0) is 65.8 Å². The molecular weight excluding hydrogens is 1110 g/mol. The van der Waals surface area contributed by atoms with Crippen LogP contribution in [0.1, 0.15) is 34.8 Å². The van der Waals surface area contributed by atoms with Crippen LogP contribution >= 0.6 is 0 Å². The number of hydrogen-bond acceptors (Lipinski definition) is 28. The van der Waals surface area contributed by atoms with Gasteiger partial charge < -0.3 is 124 Å². The number of rotatable bonds is 19. The normalized spacial score (nSPS) is 29.7. The van der Waals surface area contributed by atoms with Crippen molar-refractivity contribution in [3.05, 3.63) is 113 Å². The Balaban J connectivity index is 1.10. The Hall–Kier alpha value is -8.30. The van der Waals surface area contributed by atoms with Crippen molar-refractivity contribution >= 4 is 42.1 Å². The number of aliphatic hydroxyl groups excluding tert-OH is 8. The van der Waals surface area contributed by atoms with Gasteiger partial charge in [-0.25, -0.2) is 9.59 Å². The molecular formula is C54H56O29. The molecule has 8 rings (SSSR count). The standard InChI is InChI=1S/C54H56O29/c55-25-7-5-24(6-8-25)50-34(17-27-32(77-50)15-26(56)16-33(27)78-52-48(72)45(69)43(67)36(80-52)21-76-41(65)18-38(61)62)79-54-51(47(71)44(68)37(82-54)20-75-40(64)12-4-23-2-10-29(58)31(60)14-23)83-53-49(73)46(70)42(66)35(81-53)19-74-39(63)11-3-22-1-9-28(57)30(59)13-22/h1-17,35-37,42-60,66-73H,18-21H2,(H,61,62). The summed E-state index contributed by atoms with van der Waals surface area (Å²) in [6.45, 7) is -2.47. The van der Waals surface area contributed by atoms with Gasteiger partial charge in [0, 0.05) is 29.8 Å². The summed E-state index contributed by atoms with van der Waals surface area (Å²) >= 11 is 0. The van der Waals surface area contributed by atoms with Crippen molar-refractivity contribution in [3.63, 3.8) is 0 Å². The van der Waals surface area contributed by atoms with E-state index in [0.29, 0.717) is 0 Å². The van der Waals surface area contributed by atoms with E-state index >= 15 is 0 Å². The summed E-state index contributed by atoms with van der Waals surface area (Å²) < 4.78 is 57.8. The van der Waals surface area contributed by atoms with Crippen molar-refractivity contribution in [3.8, 4) is 46.0 Å². The lowest BCUT2D eigenvalue weighted by Gasteiger charge is -2.46. The quantitative estimate of drug-likeness (QED) is 0.0172. The Labute approximate surface area is 467 Å². The third-order valence-electron chi connectivity index (χ3n) is 13.1. The number of esters is 3. The first-order valence-electron chi connectivity index (χ1n) is 25.0. The van der Waals surface area contributed by atoms with E-state index in [0.717, 1.165) is 48.6 Å². The van der Waals surface area contributed by atoms with Gasteiger partial charge in [-0.2, -0.15) is 0 Å². The molecule has 446 valence electrons. The third-order valence-corrected chi connectivity index (χ3v) is 13.1. The third kappa shape index (κ3) is 14.7. The number of carbonyl (C=O) groups is 4. The number of aliphatic hydroxyl groups is 8. The van der Waals surface area contributed by atoms with E-state index in [9.17, 15) is 90.7 Å². The lowest BCUT2D eigenvalue weighted by molar-refractivity contribution is -0.364. The van der Waals surface area contributed by atoms with Crippen molar-refractivity contribution < 1.29 is 143 Å². The van der Waals surface area contributed by atoms with E-state index in [1.807, 2.05) is 0 Å². The van der Waals surface area contributed by atoms with Crippen LogP contribution < -0.4 is 9.47 Å². The molecule has 4 heterocycles. The maximum Gasteiger partial charge on any atom is 0.330 e. The molecule has 0 aliphatic carbocycles. The lowest BCUT2D eigenvalue weighted by atomic mass is 9.97. The van der Waals surface area contributed by atoms with Gasteiger partial charge in [0.15, 0.2) is 41.5 Å². The van der Waals surface area contributed by atoms with Crippen molar-refractivity contribution in [1.29, 1.82) is 0 Å². The van der Waals surface area contributed by atoms with Crippen LogP contribution in [0.3, 0.4) is 0 Å². The van der Waals surface area contributed by atoms with E-state index in [2.05, 4.69) is 0 Å². The smallest absolute Gasteiger partial charge is 0.330 e. The second kappa shape index (κ2) is 26.3. The molecule has 3 saturated heterocycles. The number of ether oxygens (including phenoxy) is 10. The lowest BCUT2D eigenvalue weighted by Crippen LogP contribution is -2.64. The van der Waals surface area contributed by atoms with Crippen molar-refractivity contribution in [2.45, 2.75) is 105 Å². The van der Waals surface area contributed by atoms with Crippen LogP contribution in [0.2, 0.25) is 0 Å². The fraction of sp³-hybridized carbons (Fsp3) is 0.370. The van der Waals surface area contributed by atoms with Gasteiger partial charge in [0.05, 0.1) is 5.56 Å². The SMILES string of the molecule is O=C(O)CC(=O)OCC1OC(Oc2cc(O)cc3c2C=C(OC2OC(COC(=O)C=Cc4ccc(O)c(O)c4)C(O)C(O)C2OC2OC(COC(=O)C=Cc4ccc(O)c(O)c4)C(O)C(O)C2O)C(c2ccc(O)cc2)O3)C(O)C(O)C1O. The van der Waals surface area contributed by atoms with Gasteiger partial charge in [0.2, 0.25) is 12.6 Å². The topological polar surface area (TPSA) is 464 Å². The number of carboxylic acids is 1. The molecule has 16 unspecified atom stereocenters. The molecule has 0 bridgehead atoms. The molecule has 4 aromatic carbocycles. The highest BCUT2D eigenvalue weighted by Gasteiger charge is 2.53. The molecule has 29 nitrogen and oxygen atoms in total. The molecule has 3 fully saturated rings. The Morgan fingerprint density at radius 3 is 1.55 bits per heavy atom. The van der Waals surface area contributed by atoms with E-state index < -0.39 is 183 Å². The Kier molecular flexibility index (Phi) is 19.3. The molecule has 29 heteroatoms. The Bertz CT molecular complexity index is 3070. The summed E-state index contributed by atoms with van der Waals surface area (Å²) in [5.41, 5.74) is 0.584. The molecule has 4 aliphatic rings. The molecule has 15 N–H and O–H groups in total. The van der Waals surface area contributed by atoms with Crippen molar-refractivity contribution in [2.24, 2.45) is 0 Å². The fourth-order valence-electron chi connectivity index (χ4n) is 8.71. The molecule has 83 heavy (non-hydrogen) atoms. The molecule has 16 atom stereocenters. The number of carboxylic acid groups (broad SMARTS) is 1. The van der Waals surface area contributed by atoms with Crippen LogP contribution in [0, 0.1) is 0 Å². The van der Waals surface area contributed by atoms with Crippen LogP contribution in [0.15, 0.2) is 90.7 Å². The van der Waals surface area contributed by atoms with Gasteiger partial charge in [0.1, 0.15) is 122 Å². The summed E-state index contributed by atoms with van der Waals surface area (Å²) in [6, 6.07) is 14.7. The number of hydrogen-bond donors (Lipinski definition) is 15. The highest BCUT2D eigenvalue weighted by Crippen LogP contribution is 2.46. The van der Waals surface area contributed by atoms with Crippen LogP contribution in [0.4, 0.5) is 0 Å². The Morgan fingerprint density at radius 1 is 0.506 bits per heavy atom. The molecule has 0 amide bonds. The predicted molar refractivity (Wildman–Crippen MR) is 271 cm³/mol. The van der Waals surface area contributed by atoms with Gasteiger partial charge in [-0.3, -0.25) is 9.59 Å². The molecule has 0 radical (unpaired) electrons. The molecule has 0 spiro atoms. The molecule has 4 aliphatic heterocycles. The summed E-state index contributed by atoms with van der Waals surface area (Å²) in [5.74, 6) is -8.33. The molecule has 0 saturated carbocycles. The van der Waals surface area contributed by atoms with Gasteiger partial charge >= 0.3 is 23.9 Å². The summed E-state index contributed by atoms with van der Waals surface area (Å²) in [6.07, 6.45) is -26.7. The zero-order chi connectivity index (χ0) is 60.0.